The van der Waals surface area contributed by atoms with Gasteiger partial charge in [0.05, 0.1) is 43.2 Å². The average molecular weight is 532 g/mol. The van der Waals surface area contributed by atoms with E-state index in [1.807, 2.05) is 0 Å². The summed E-state index contributed by atoms with van der Waals surface area (Å²) >= 11 is 0. The van der Waals surface area contributed by atoms with Crippen molar-refractivity contribution in [3.63, 3.8) is 0 Å². The standard InChI is InChI=1S/C25H29N3O8S/c29-23(18-3-5-19(6-4-18)37(32,33)27-11-16-35-17-12-27)21-22(20-2-1-13-36-20)28(25(31)24(21)30)8-7-26-9-14-34-15-10-26/h1-6,13,22,29H,7-12,14-17H2/t22-/m0/s1. The molecule has 3 aliphatic rings. The molecule has 0 saturated carbocycles. The topological polar surface area (TPSA) is 130 Å². The molecule has 11 nitrogen and oxygen atoms in total. The lowest BCUT2D eigenvalue weighted by Crippen LogP contribution is -2.42. The molecule has 5 rings (SSSR count). The van der Waals surface area contributed by atoms with Gasteiger partial charge in [0.25, 0.3) is 11.7 Å². The van der Waals surface area contributed by atoms with E-state index in [0.717, 1.165) is 13.1 Å². The monoisotopic (exact) mass is 531 g/mol. The second-order valence-corrected chi connectivity index (χ2v) is 10.9. The van der Waals surface area contributed by atoms with Crippen LogP contribution in [-0.4, -0.2) is 105 Å². The number of furan rings is 1. The average Bonchev–Trinajstić information content (AvgIpc) is 3.55. The van der Waals surface area contributed by atoms with Crippen LogP contribution in [0.5, 0.6) is 0 Å². The van der Waals surface area contributed by atoms with Gasteiger partial charge < -0.3 is 23.9 Å². The van der Waals surface area contributed by atoms with Crippen LogP contribution in [0.2, 0.25) is 0 Å². The number of hydrogen-bond donors (Lipinski definition) is 1. The van der Waals surface area contributed by atoms with E-state index in [4.69, 9.17) is 13.9 Å². The Morgan fingerprint density at radius 1 is 0.919 bits per heavy atom. The Labute approximate surface area is 214 Å². The molecule has 4 heterocycles. The van der Waals surface area contributed by atoms with Crippen LogP contribution in [0.4, 0.5) is 0 Å². The Morgan fingerprint density at radius 2 is 1.57 bits per heavy atom. The minimum atomic E-state index is -3.72. The van der Waals surface area contributed by atoms with Gasteiger partial charge in [-0.2, -0.15) is 4.31 Å². The summed E-state index contributed by atoms with van der Waals surface area (Å²) in [5.74, 6) is -1.56. The number of carbonyl (C=O) groups is 2. The van der Waals surface area contributed by atoms with Gasteiger partial charge in [-0.3, -0.25) is 14.5 Å². The molecule has 0 aliphatic carbocycles. The SMILES string of the molecule is O=C1C(=O)N(CCN2CCOCC2)[C@@H](c2ccco2)C1=C(O)c1ccc(S(=O)(=O)N2CCOCC2)cc1. The van der Waals surface area contributed by atoms with Crippen LogP contribution < -0.4 is 0 Å². The number of ketones is 1. The molecule has 0 radical (unpaired) electrons. The van der Waals surface area contributed by atoms with E-state index in [1.165, 1.54) is 39.7 Å². The Balaban J connectivity index is 1.44. The van der Waals surface area contributed by atoms with Crippen molar-refractivity contribution in [2.24, 2.45) is 0 Å². The van der Waals surface area contributed by atoms with E-state index < -0.39 is 27.8 Å². The molecule has 1 aromatic heterocycles. The predicted octanol–water partition coefficient (Wildman–Crippen LogP) is 1.05. The van der Waals surface area contributed by atoms with Crippen molar-refractivity contribution in [1.29, 1.82) is 0 Å². The molecule has 0 bridgehead atoms. The fraction of sp³-hybridized carbons (Fsp3) is 0.440. The summed E-state index contributed by atoms with van der Waals surface area (Å²) in [6.07, 6.45) is 1.45. The first-order chi connectivity index (χ1) is 17.9. The summed E-state index contributed by atoms with van der Waals surface area (Å²) in [7, 11) is -3.72. The van der Waals surface area contributed by atoms with Crippen LogP contribution in [-0.2, 0) is 29.1 Å². The largest absolute Gasteiger partial charge is 0.507 e. The number of aliphatic hydroxyl groups excluding tert-OH is 1. The Hall–Kier alpha value is -3.03. The van der Waals surface area contributed by atoms with Gasteiger partial charge in [-0.05, 0) is 36.4 Å². The molecule has 37 heavy (non-hydrogen) atoms. The number of sulfonamides is 1. The van der Waals surface area contributed by atoms with Crippen molar-refractivity contribution in [2.75, 3.05) is 65.7 Å². The molecule has 0 spiro atoms. The number of carbonyl (C=O) groups excluding carboxylic acids is 2. The van der Waals surface area contributed by atoms with Gasteiger partial charge in [-0.1, -0.05) is 0 Å². The number of ether oxygens (including phenoxy) is 2. The molecule has 12 heteroatoms. The van der Waals surface area contributed by atoms with Crippen molar-refractivity contribution in [1.82, 2.24) is 14.1 Å². The summed E-state index contributed by atoms with van der Waals surface area (Å²) in [5, 5.41) is 11.2. The van der Waals surface area contributed by atoms with E-state index in [2.05, 4.69) is 4.90 Å². The zero-order valence-corrected chi connectivity index (χ0v) is 21.1. The minimum Gasteiger partial charge on any atom is -0.507 e. The van der Waals surface area contributed by atoms with E-state index in [1.54, 1.807) is 12.1 Å². The lowest BCUT2D eigenvalue weighted by molar-refractivity contribution is -0.140. The molecule has 198 valence electrons. The minimum absolute atomic E-state index is 0.0690. The molecule has 1 N–H and O–H groups in total. The highest BCUT2D eigenvalue weighted by atomic mass is 32.2. The molecular weight excluding hydrogens is 502 g/mol. The molecular formula is C25H29N3O8S. The van der Waals surface area contributed by atoms with E-state index in [-0.39, 0.29) is 41.4 Å². The van der Waals surface area contributed by atoms with Crippen molar-refractivity contribution in [3.8, 4) is 0 Å². The second-order valence-electron chi connectivity index (χ2n) is 9.00. The van der Waals surface area contributed by atoms with Gasteiger partial charge in [0.2, 0.25) is 10.0 Å². The maximum absolute atomic E-state index is 13.1. The maximum Gasteiger partial charge on any atom is 0.295 e. The lowest BCUT2D eigenvalue weighted by Gasteiger charge is -2.30. The highest BCUT2D eigenvalue weighted by molar-refractivity contribution is 7.89. The fourth-order valence-electron chi connectivity index (χ4n) is 4.80. The second kappa shape index (κ2) is 10.8. The summed E-state index contributed by atoms with van der Waals surface area (Å²) in [5.41, 5.74) is 0.134. The van der Waals surface area contributed by atoms with Crippen LogP contribution in [0.3, 0.4) is 0 Å². The number of amides is 1. The number of Topliss-reactive ketones (excluding diaryl/α,β-unsaturated/α-hetero) is 1. The van der Waals surface area contributed by atoms with E-state index >= 15 is 0 Å². The van der Waals surface area contributed by atoms with Crippen LogP contribution in [0.15, 0.2) is 57.5 Å². The zero-order chi connectivity index (χ0) is 26.0. The first kappa shape index (κ1) is 25.6. The molecule has 1 amide bonds. The first-order valence-electron chi connectivity index (χ1n) is 12.2. The number of aliphatic hydroxyl groups is 1. The third-order valence-corrected chi connectivity index (χ3v) is 8.76. The van der Waals surface area contributed by atoms with Crippen molar-refractivity contribution >= 4 is 27.5 Å². The molecule has 1 atom stereocenters. The number of benzene rings is 1. The summed E-state index contributed by atoms with van der Waals surface area (Å²) in [4.78, 5) is 29.8. The normalized spacial score (nSPS) is 23.6. The number of rotatable bonds is 7. The van der Waals surface area contributed by atoms with E-state index in [9.17, 15) is 23.1 Å². The van der Waals surface area contributed by atoms with Gasteiger partial charge in [0.1, 0.15) is 17.6 Å². The number of hydrogen-bond acceptors (Lipinski definition) is 9. The Morgan fingerprint density at radius 3 is 2.19 bits per heavy atom. The quantitative estimate of drug-likeness (QED) is 0.317. The smallest absolute Gasteiger partial charge is 0.295 e. The first-order valence-corrected chi connectivity index (χ1v) is 13.6. The van der Waals surface area contributed by atoms with Crippen molar-refractivity contribution in [3.05, 3.63) is 59.6 Å². The fourth-order valence-corrected chi connectivity index (χ4v) is 6.21. The van der Waals surface area contributed by atoms with Gasteiger partial charge >= 0.3 is 0 Å². The van der Waals surface area contributed by atoms with Crippen LogP contribution in [0.1, 0.15) is 17.4 Å². The molecule has 3 fully saturated rings. The Kier molecular flexibility index (Phi) is 7.45. The number of morpholine rings is 2. The third kappa shape index (κ3) is 5.07. The van der Waals surface area contributed by atoms with Crippen LogP contribution in [0.25, 0.3) is 5.76 Å². The highest BCUT2D eigenvalue weighted by Gasteiger charge is 2.47. The Bertz CT molecular complexity index is 1260. The summed E-state index contributed by atoms with van der Waals surface area (Å²) in [6.45, 7) is 4.68. The van der Waals surface area contributed by atoms with Crippen LogP contribution >= 0.6 is 0 Å². The zero-order valence-electron chi connectivity index (χ0n) is 20.2. The molecule has 2 aromatic rings. The van der Waals surface area contributed by atoms with Gasteiger partial charge in [-0.25, -0.2) is 8.42 Å². The summed E-state index contributed by atoms with van der Waals surface area (Å²) in [6, 6.07) is 8.05. The maximum atomic E-state index is 13.1. The number of likely N-dealkylation sites (tertiary alicyclic amines) is 1. The molecule has 3 saturated heterocycles. The molecule has 0 unspecified atom stereocenters. The van der Waals surface area contributed by atoms with Crippen molar-refractivity contribution < 1.29 is 37.0 Å². The van der Waals surface area contributed by atoms with Gasteiger partial charge in [-0.15, -0.1) is 0 Å². The molecule has 3 aliphatic heterocycles. The lowest BCUT2D eigenvalue weighted by atomic mass is 9.99. The molecule has 1 aromatic carbocycles. The van der Waals surface area contributed by atoms with Crippen molar-refractivity contribution in [2.45, 2.75) is 10.9 Å². The highest BCUT2D eigenvalue weighted by Crippen LogP contribution is 2.39. The summed E-state index contributed by atoms with van der Waals surface area (Å²) < 4.78 is 43.4. The van der Waals surface area contributed by atoms with Crippen LogP contribution in [0, 0.1) is 0 Å². The van der Waals surface area contributed by atoms with E-state index in [0.29, 0.717) is 38.7 Å². The van der Waals surface area contributed by atoms with Gasteiger partial charge in [0, 0.05) is 44.8 Å². The third-order valence-electron chi connectivity index (χ3n) is 6.85. The number of nitrogens with zero attached hydrogens (tertiary/aromatic N) is 3. The predicted molar refractivity (Wildman–Crippen MR) is 131 cm³/mol. The van der Waals surface area contributed by atoms with Gasteiger partial charge in [0.15, 0.2) is 0 Å².